The van der Waals surface area contributed by atoms with E-state index >= 15 is 0 Å². The SMILES string of the molecule is CC(C(=O)c1cc(O)c(O)cc1O)c1ccc(O)cc1.COc1ccc(C(C)C(=O)O)cc1.COc1ccc(C(C)C(=O)c2cc(OC)c(OC)cc2OC)cc1.COc1ccc(OC)c(OC)c1. The standard InChI is InChI=1S/C19H22O5.C15H14O5.C10H12O3.C9H12O3/c1-12(13-6-8-14(21-2)9-7-13)19(20)15-10-17(23-4)18(24-5)11-16(15)22-3;1-8(9-2-4-10(16)5-3-9)15(20)11-6-13(18)14(19)7-12(11)17;1-7(10(11)12)8-3-5-9(13-2)6-4-8;1-10-7-4-5-8(11-2)9(6-7)12-3/h6-12H,1-5H3;2-8,16-19H,1H3;3-7H,1-2H3,(H,11,12);4-6H,1-3H3. The highest BCUT2D eigenvalue weighted by molar-refractivity contribution is 6.04. The fourth-order valence-electron chi connectivity index (χ4n) is 6.39. The van der Waals surface area contributed by atoms with Gasteiger partial charge in [-0.1, -0.05) is 50.2 Å². The van der Waals surface area contributed by atoms with Crippen LogP contribution >= 0.6 is 0 Å². The Morgan fingerprint density at radius 1 is 0.362 bits per heavy atom. The van der Waals surface area contributed by atoms with E-state index in [0.29, 0.717) is 39.9 Å². The molecule has 6 aromatic carbocycles. The second-order valence-corrected chi connectivity index (χ2v) is 14.9. The van der Waals surface area contributed by atoms with Gasteiger partial charge in [0, 0.05) is 30.0 Å². The molecule has 5 N–H and O–H groups in total. The van der Waals surface area contributed by atoms with E-state index in [0.717, 1.165) is 40.5 Å². The summed E-state index contributed by atoms with van der Waals surface area (Å²) in [5.74, 6) is 1.21. The molecule has 0 radical (unpaired) electrons. The number of carbonyl (C=O) groups is 3. The van der Waals surface area contributed by atoms with Crippen molar-refractivity contribution in [1.29, 1.82) is 0 Å². The number of hydrogen-bond acceptors (Lipinski definition) is 15. The second-order valence-electron chi connectivity index (χ2n) is 14.9. The Kier molecular flexibility index (Phi) is 21.4. The molecule has 0 amide bonds. The third-order valence-electron chi connectivity index (χ3n) is 10.7. The van der Waals surface area contributed by atoms with Crippen LogP contribution in [0.4, 0.5) is 0 Å². The smallest absolute Gasteiger partial charge is 0.310 e. The number of benzene rings is 6. The van der Waals surface area contributed by atoms with Gasteiger partial charge < -0.3 is 63.4 Å². The number of Topliss-reactive ketones (excluding diaryl/α,β-unsaturated/α-hetero) is 2. The Balaban J connectivity index is 0.000000253. The van der Waals surface area contributed by atoms with Crippen LogP contribution in [0, 0.1) is 0 Å². The first kappa shape index (κ1) is 55.1. The molecule has 69 heavy (non-hydrogen) atoms. The summed E-state index contributed by atoms with van der Waals surface area (Å²) in [6.45, 7) is 5.17. The molecule has 16 heteroatoms. The third-order valence-corrected chi connectivity index (χ3v) is 10.7. The fraction of sp³-hybridized carbons (Fsp3) is 0.264. The van der Waals surface area contributed by atoms with Crippen LogP contribution in [-0.2, 0) is 4.79 Å². The molecule has 0 aromatic heterocycles. The van der Waals surface area contributed by atoms with Gasteiger partial charge in [-0.15, -0.1) is 0 Å². The van der Waals surface area contributed by atoms with Gasteiger partial charge in [-0.25, -0.2) is 0 Å². The summed E-state index contributed by atoms with van der Waals surface area (Å²) in [6, 6.07) is 31.3. The number of ether oxygens (including phenoxy) is 8. The minimum atomic E-state index is -0.815. The Bertz CT molecular complexity index is 2590. The summed E-state index contributed by atoms with van der Waals surface area (Å²) >= 11 is 0. The van der Waals surface area contributed by atoms with Crippen LogP contribution in [0.15, 0.2) is 115 Å². The van der Waals surface area contributed by atoms with Crippen LogP contribution in [0.3, 0.4) is 0 Å². The monoisotopic (exact) mass is 952 g/mol. The first-order chi connectivity index (χ1) is 32.9. The summed E-state index contributed by atoms with van der Waals surface area (Å²) in [5, 5.41) is 46.3. The maximum Gasteiger partial charge on any atom is 0.310 e. The van der Waals surface area contributed by atoms with Crippen molar-refractivity contribution in [3.63, 3.8) is 0 Å². The van der Waals surface area contributed by atoms with Gasteiger partial charge in [0.15, 0.2) is 46.1 Å². The van der Waals surface area contributed by atoms with Crippen molar-refractivity contribution in [1.82, 2.24) is 0 Å². The van der Waals surface area contributed by atoms with Crippen molar-refractivity contribution in [3.8, 4) is 69.0 Å². The van der Waals surface area contributed by atoms with Crippen LogP contribution in [0.5, 0.6) is 69.0 Å². The summed E-state index contributed by atoms with van der Waals surface area (Å²) < 4.78 is 41.2. The van der Waals surface area contributed by atoms with Gasteiger partial charge >= 0.3 is 5.97 Å². The number of rotatable bonds is 16. The van der Waals surface area contributed by atoms with Gasteiger partial charge in [-0.2, -0.15) is 0 Å². The van der Waals surface area contributed by atoms with Crippen LogP contribution in [0.1, 0.15) is 75.9 Å². The summed E-state index contributed by atoms with van der Waals surface area (Å²) in [6.07, 6.45) is 0. The van der Waals surface area contributed by atoms with Crippen LogP contribution < -0.4 is 37.9 Å². The molecule has 0 bridgehead atoms. The molecule has 0 aliphatic heterocycles. The molecule has 16 nitrogen and oxygen atoms in total. The van der Waals surface area contributed by atoms with Crippen LogP contribution in [0.2, 0.25) is 0 Å². The summed E-state index contributed by atoms with van der Waals surface area (Å²) in [4.78, 5) is 35.9. The number of carboxylic acids is 1. The molecule has 0 aliphatic rings. The fourth-order valence-corrected chi connectivity index (χ4v) is 6.39. The second kappa shape index (κ2) is 26.8. The molecule has 0 heterocycles. The molecule has 0 fully saturated rings. The number of carbonyl (C=O) groups excluding carboxylic acids is 2. The lowest BCUT2D eigenvalue weighted by molar-refractivity contribution is -0.138. The lowest BCUT2D eigenvalue weighted by Crippen LogP contribution is -2.11. The molecule has 368 valence electrons. The molecule has 0 spiro atoms. The number of phenols is 4. The highest BCUT2D eigenvalue weighted by atomic mass is 16.5. The molecule has 6 aromatic rings. The van der Waals surface area contributed by atoms with Gasteiger partial charge in [0.05, 0.1) is 73.9 Å². The van der Waals surface area contributed by atoms with Crippen molar-refractivity contribution in [2.45, 2.75) is 38.5 Å². The Hall–Kier alpha value is -8.27. The van der Waals surface area contributed by atoms with Crippen LogP contribution in [-0.4, -0.2) is 99.9 Å². The highest BCUT2D eigenvalue weighted by Crippen LogP contribution is 2.38. The first-order valence-corrected chi connectivity index (χ1v) is 21.1. The first-order valence-electron chi connectivity index (χ1n) is 21.1. The number of aliphatic carboxylic acids is 1. The van der Waals surface area contributed by atoms with E-state index in [4.69, 9.17) is 43.0 Å². The van der Waals surface area contributed by atoms with Gasteiger partial charge in [0.1, 0.15) is 34.5 Å². The molecule has 0 aliphatic carbocycles. The van der Waals surface area contributed by atoms with E-state index in [1.807, 2.05) is 37.3 Å². The summed E-state index contributed by atoms with van der Waals surface area (Å²) in [7, 11) is 12.6. The Morgan fingerprint density at radius 2 is 0.739 bits per heavy atom. The molecular weight excluding hydrogens is 893 g/mol. The normalized spacial score (nSPS) is 11.4. The molecule has 0 saturated heterocycles. The maximum absolute atomic E-state index is 12.9. The maximum atomic E-state index is 12.9. The Morgan fingerprint density at radius 3 is 1.17 bits per heavy atom. The number of aromatic hydroxyl groups is 4. The quantitative estimate of drug-likeness (QED) is 0.0346. The van der Waals surface area contributed by atoms with E-state index < -0.39 is 40.8 Å². The minimum absolute atomic E-state index is 0.0574. The van der Waals surface area contributed by atoms with Gasteiger partial charge in [0.2, 0.25) is 0 Å². The van der Waals surface area contributed by atoms with E-state index in [9.17, 15) is 34.8 Å². The van der Waals surface area contributed by atoms with E-state index in [1.165, 1.54) is 26.4 Å². The number of ketones is 2. The zero-order chi connectivity index (χ0) is 51.4. The zero-order valence-corrected chi connectivity index (χ0v) is 40.4. The van der Waals surface area contributed by atoms with Gasteiger partial charge in [0.25, 0.3) is 0 Å². The van der Waals surface area contributed by atoms with Crippen molar-refractivity contribution >= 4 is 17.5 Å². The topological polar surface area (TPSA) is 226 Å². The predicted octanol–water partition coefficient (Wildman–Crippen LogP) is 9.80. The van der Waals surface area contributed by atoms with Crippen molar-refractivity contribution < 1.29 is 77.8 Å². The lowest BCUT2D eigenvalue weighted by atomic mass is 9.91. The summed E-state index contributed by atoms with van der Waals surface area (Å²) in [5.41, 5.74) is 2.74. The van der Waals surface area contributed by atoms with Crippen molar-refractivity contribution in [3.05, 3.63) is 143 Å². The van der Waals surface area contributed by atoms with Crippen LogP contribution in [0.25, 0.3) is 0 Å². The minimum Gasteiger partial charge on any atom is -0.508 e. The molecular formula is C53H60O16. The van der Waals surface area contributed by atoms with Crippen molar-refractivity contribution in [2.75, 3.05) is 56.9 Å². The lowest BCUT2D eigenvalue weighted by Gasteiger charge is -2.16. The molecule has 6 rings (SSSR count). The van der Waals surface area contributed by atoms with Gasteiger partial charge in [-0.3, -0.25) is 14.4 Å². The van der Waals surface area contributed by atoms with Gasteiger partial charge in [-0.05, 0) is 84.3 Å². The van der Waals surface area contributed by atoms with E-state index in [2.05, 4.69) is 0 Å². The van der Waals surface area contributed by atoms with E-state index in [1.54, 1.807) is 117 Å². The largest absolute Gasteiger partial charge is 0.508 e. The number of phenolic OH excluding ortho intramolecular Hbond substituents is 4. The number of methoxy groups -OCH3 is 8. The number of carboxylic acid groups (broad SMARTS) is 1. The third kappa shape index (κ3) is 15.1. The highest BCUT2D eigenvalue weighted by Gasteiger charge is 2.24. The predicted molar refractivity (Wildman–Crippen MR) is 259 cm³/mol. The average molecular weight is 953 g/mol. The number of hydrogen-bond donors (Lipinski definition) is 5. The molecule has 3 unspecified atom stereocenters. The average Bonchev–Trinajstić information content (AvgIpc) is 3.38. The van der Waals surface area contributed by atoms with Crippen molar-refractivity contribution in [2.24, 2.45) is 0 Å². The molecule has 3 atom stereocenters. The van der Waals surface area contributed by atoms with E-state index in [-0.39, 0.29) is 23.0 Å². The molecule has 0 saturated carbocycles. The zero-order valence-electron chi connectivity index (χ0n) is 40.4. The Labute approximate surface area is 401 Å².